The number of rotatable bonds is 4. The third-order valence-electron chi connectivity index (χ3n) is 4.71. The standard InChI is InChI=1S/C22H20N4O4S/c1-13-19(31-21(23-13)15-8-4-3-5-9-15)20(28)25-24-18(27)12-26-16-10-6-7-11-17(16)30-14(2)22(26)29/h3-11,14H,12H2,1-2H3,(H,24,27)(H,25,28). The first-order chi connectivity index (χ1) is 14.9. The number of aryl methyl sites for hydroxylation is 1. The van der Waals surface area contributed by atoms with Crippen LogP contribution >= 0.6 is 11.3 Å². The smallest absolute Gasteiger partial charge is 0.281 e. The Morgan fingerprint density at radius 2 is 1.81 bits per heavy atom. The number of carbonyl (C=O) groups excluding carboxylic acids is 3. The molecular formula is C22H20N4O4S. The molecule has 0 radical (unpaired) electrons. The molecule has 9 heteroatoms. The Hall–Kier alpha value is -3.72. The summed E-state index contributed by atoms with van der Waals surface area (Å²) in [5.74, 6) is -0.796. The van der Waals surface area contributed by atoms with Crippen molar-refractivity contribution in [3.8, 4) is 16.3 Å². The molecule has 1 aliphatic rings. The second-order valence-electron chi connectivity index (χ2n) is 6.95. The first kappa shape index (κ1) is 20.5. The normalized spacial score (nSPS) is 15.1. The van der Waals surface area contributed by atoms with E-state index in [1.165, 1.54) is 16.2 Å². The summed E-state index contributed by atoms with van der Waals surface area (Å²) < 4.78 is 5.57. The van der Waals surface area contributed by atoms with E-state index in [1.807, 2.05) is 30.3 Å². The average Bonchev–Trinajstić information content (AvgIpc) is 3.17. The lowest BCUT2D eigenvalue weighted by molar-refractivity contribution is -0.128. The van der Waals surface area contributed by atoms with Gasteiger partial charge in [0.25, 0.3) is 17.7 Å². The Kier molecular flexibility index (Phi) is 5.68. The van der Waals surface area contributed by atoms with Crippen molar-refractivity contribution < 1.29 is 19.1 Å². The lowest BCUT2D eigenvalue weighted by Gasteiger charge is -2.32. The van der Waals surface area contributed by atoms with Crippen LogP contribution < -0.4 is 20.5 Å². The third-order valence-corrected chi connectivity index (χ3v) is 5.92. The van der Waals surface area contributed by atoms with Crippen molar-refractivity contribution in [1.29, 1.82) is 0 Å². The summed E-state index contributed by atoms with van der Waals surface area (Å²) in [6, 6.07) is 16.5. The fourth-order valence-electron chi connectivity index (χ4n) is 3.20. The number of aromatic nitrogens is 1. The molecule has 1 unspecified atom stereocenters. The van der Waals surface area contributed by atoms with Gasteiger partial charge in [-0.15, -0.1) is 11.3 Å². The number of anilines is 1. The topological polar surface area (TPSA) is 101 Å². The Balaban J connectivity index is 1.41. The summed E-state index contributed by atoms with van der Waals surface area (Å²) in [4.78, 5) is 43.7. The zero-order chi connectivity index (χ0) is 22.0. The number of benzene rings is 2. The van der Waals surface area contributed by atoms with E-state index < -0.39 is 17.9 Å². The summed E-state index contributed by atoms with van der Waals surface area (Å²) in [6.45, 7) is 3.12. The number of fused-ring (bicyclic) bond motifs is 1. The van der Waals surface area contributed by atoms with Gasteiger partial charge in [0.15, 0.2) is 6.10 Å². The molecule has 0 saturated heterocycles. The number of nitrogens with zero attached hydrogens (tertiary/aromatic N) is 2. The Bertz CT molecular complexity index is 1150. The number of carbonyl (C=O) groups is 3. The van der Waals surface area contributed by atoms with Crippen molar-refractivity contribution in [3.05, 3.63) is 65.2 Å². The van der Waals surface area contributed by atoms with E-state index in [0.29, 0.717) is 22.0 Å². The predicted molar refractivity (Wildman–Crippen MR) is 117 cm³/mol. The second kappa shape index (κ2) is 8.57. The van der Waals surface area contributed by atoms with Crippen molar-refractivity contribution in [1.82, 2.24) is 15.8 Å². The maximum Gasteiger partial charge on any atom is 0.281 e. The van der Waals surface area contributed by atoms with Crippen LogP contribution in [0.25, 0.3) is 10.6 Å². The number of hydrazine groups is 1. The van der Waals surface area contributed by atoms with Crippen molar-refractivity contribution in [2.45, 2.75) is 20.0 Å². The minimum Gasteiger partial charge on any atom is -0.479 e. The molecule has 1 aromatic heterocycles. The average molecular weight is 436 g/mol. The number of hydrogen-bond acceptors (Lipinski definition) is 6. The molecule has 3 amide bonds. The van der Waals surface area contributed by atoms with Crippen LogP contribution in [0.4, 0.5) is 5.69 Å². The van der Waals surface area contributed by atoms with Gasteiger partial charge in [0.1, 0.15) is 22.2 Å². The summed E-state index contributed by atoms with van der Waals surface area (Å²) in [6.07, 6.45) is -0.700. The van der Waals surface area contributed by atoms with Crippen LogP contribution in [0.1, 0.15) is 22.3 Å². The van der Waals surface area contributed by atoms with E-state index in [-0.39, 0.29) is 12.5 Å². The van der Waals surface area contributed by atoms with Crippen LogP contribution in [0.3, 0.4) is 0 Å². The van der Waals surface area contributed by atoms with Gasteiger partial charge in [-0.25, -0.2) is 4.98 Å². The van der Waals surface area contributed by atoms with Gasteiger partial charge in [0, 0.05) is 5.56 Å². The highest BCUT2D eigenvalue weighted by Crippen LogP contribution is 2.33. The van der Waals surface area contributed by atoms with Gasteiger partial charge in [-0.2, -0.15) is 0 Å². The highest BCUT2D eigenvalue weighted by Gasteiger charge is 2.32. The van der Waals surface area contributed by atoms with Gasteiger partial charge in [0.05, 0.1) is 11.4 Å². The van der Waals surface area contributed by atoms with Gasteiger partial charge >= 0.3 is 0 Å². The molecule has 0 fully saturated rings. The van der Waals surface area contributed by atoms with Crippen LogP contribution in [-0.4, -0.2) is 35.4 Å². The lowest BCUT2D eigenvalue weighted by atomic mass is 10.2. The molecule has 158 valence electrons. The first-order valence-corrected chi connectivity index (χ1v) is 10.4. The fraction of sp³-hybridized carbons (Fsp3) is 0.182. The third kappa shape index (κ3) is 4.26. The minimum absolute atomic E-state index is 0.249. The SMILES string of the molecule is Cc1nc(-c2ccccc2)sc1C(=O)NNC(=O)CN1C(=O)C(C)Oc2ccccc21. The molecule has 1 aliphatic heterocycles. The van der Waals surface area contributed by atoms with Crippen molar-refractivity contribution in [3.63, 3.8) is 0 Å². The molecule has 4 rings (SSSR count). The molecule has 8 nitrogen and oxygen atoms in total. The quantitative estimate of drug-likeness (QED) is 0.613. The monoisotopic (exact) mass is 436 g/mol. The van der Waals surface area contributed by atoms with Gasteiger partial charge in [-0.3, -0.25) is 30.1 Å². The zero-order valence-corrected chi connectivity index (χ0v) is 17.7. The maximum atomic E-state index is 12.6. The van der Waals surface area contributed by atoms with Gasteiger partial charge < -0.3 is 4.74 Å². The minimum atomic E-state index is -0.700. The predicted octanol–water partition coefficient (Wildman–Crippen LogP) is 2.69. The van der Waals surface area contributed by atoms with Crippen molar-refractivity contribution >= 4 is 34.7 Å². The molecule has 0 spiro atoms. The molecule has 0 aliphatic carbocycles. The van der Waals surface area contributed by atoms with E-state index >= 15 is 0 Å². The van der Waals surface area contributed by atoms with Crippen LogP contribution in [0, 0.1) is 6.92 Å². The number of amides is 3. The fourth-order valence-corrected chi connectivity index (χ4v) is 4.17. The number of hydrogen-bond donors (Lipinski definition) is 2. The molecule has 2 N–H and O–H groups in total. The highest BCUT2D eigenvalue weighted by molar-refractivity contribution is 7.17. The van der Waals surface area contributed by atoms with E-state index in [2.05, 4.69) is 15.8 Å². The number of para-hydroxylation sites is 2. The summed E-state index contributed by atoms with van der Waals surface area (Å²) in [5, 5.41) is 0.721. The van der Waals surface area contributed by atoms with Crippen molar-refractivity contribution in [2.24, 2.45) is 0 Å². The molecule has 2 heterocycles. The summed E-state index contributed by atoms with van der Waals surface area (Å²) in [7, 11) is 0. The number of nitrogens with one attached hydrogen (secondary N) is 2. The Labute approximate surface area is 182 Å². The molecule has 1 atom stereocenters. The van der Waals surface area contributed by atoms with E-state index in [0.717, 1.165) is 10.6 Å². The van der Waals surface area contributed by atoms with E-state index in [4.69, 9.17) is 4.74 Å². The zero-order valence-electron chi connectivity index (χ0n) is 16.9. The Morgan fingerprint density at radius 1 is 1.10 bits per heavy atom. The molecule has 0 saturated carbocycles. The summed E-state index contributed by atoms with van der Waals surface area (Å²) in [5.41, 5.74) is 6.78. The van der Waals surface area contributed by atoms with E-state index in [9.17, 15) is 14.4 Å². The largest absolute Gasteiger partial charge is 0.479 e. The first-order valence-electron chi connectivity index (χ1n) is 9.63. The second-order valence-corrected chi connectivity index (χ2v) is 7.95. The van der Waals surface area contributed by atoms with Crippen LogP contribution in [0.5, 0.6) is 5.75 Å². The van der Waals surface area contributed by atoms with Gasteiger partial charge in [0.2, 0.25) is 0 Å². The number of thiazole rings is 1. The number of ether oxygens (including phenoxy) is 1. The van der Waals surface area contributed by atoms with Gasteiger partial charge in [-0.05, 0) is 26.0 Å². The Morgan fingerprint density at radius 3 is 2.58 bits per heavy atom. The molecule has 2 aromatic carbocycles. The lowest BCUT2D eigenvalue weighted by Crippen LogP contribution is -2.51. The molecule has 0 bridgehead atoms. The molecule has 31 heavy (non-hydrogen) atoms. The molecule has 3 aromatic rings. The molecular weight excluding hydrogens is 416 g/mol. The van der Waals surface area contributed by atoms with Gasteiger partial charge in [-0.1, -0.05) is 42.5 Å². The van der Waals surface area contributed by atoms with Crippen molar-refractivity contribution in [2.75, 3.05) is 11.4 Å². The van der Waals surface area contributed by atoms with Crippen LogP contribution in [0.2, 0.25) is 0 Å². The maximum absolute atomic E-state index is 12.6. The summed E-state index contributed by atoms with van der Waals surface area (Å²) >= 11 is 1.24. The highest BCUT2D eigenvalue weighted by atomic mass is 32.1. The van der Waals surface area contributed by atoms with Crippen LogP contribution in [-0.2, 0) is 9.59 Å². The van der Waals surface area contributed by atoms with Crippen LogP contribution in [0.15, 0.2) is 54.6 Å². The van der Waals surface area contributed by atoms with E-state index in [1.54, 1.807) is 38.1 Å².